The van der Waals surface area contributed by atoms with Gasteiger partial charge in [0, 0.05) is 10.0 Å². The molecule has 0 atom stereocenters. The number of amides is 1. The third kappa shape index (κ3) is 2.98. The van der Waals surface area contributed by atoms with Gasteiger partial charge in [0.05, 0.1) is 18.0 Å². The molecule has 0 bridgehead atoms. The summed E-state index contributed by atoms with van der Waals surface area (Å²) in [5, 5.41) is 13.3. The van der Waals surface area contributed by atoms with Gasteiger partial charge in [-0.25, -0.2) is 5.43 Å². The van der Waals surface area contributed by atoms with Crippen LogP contribution in [0, 0.1) is 0 Å². The molecule has 1 aromatic carbocycles. The number of phenolic OH excluding ortho intramolecular Hbond substituents is 1. The van der Waals surface area contributed by atoms with Gasteiger partial charge in [0.25, 0.3) is 5.91 Å². The van der Waals surface area contributed by atoms with Crippen molar-refractivity contribution in [1.29, 1.82) is 0 Å². The Morgan fingerprint density at radius 3 is 2.94 bits per heavy atom. The maximum absolute atomic E-state index is 11.5. The monoisotopic (exact) mass is 308 g/mol. The highest BCUT2D eigenvalue weighted by molar-refractivity contribution is 9.10. The summed E-state index contributed by atoms with van der Waals surface area (Å²) < 4.78 is 5.54. The van der Waals surface area contributed by atoms with E-state index in [0.717, 1.165) is 4.47 Å². The lowest BCUT2D eigenvalue weighted by molar-refractivity contribution is 0.0954. The molecule has 0 aliphatic carbocycles. The Morgan fingerprint density at radius 2 is 2.28 bits per heavy atom. The van der Waals surface area contributed by atoms with E-state index in [0.29, 0.717) is 11.1 Å². The van der Waals surface area contributed by atoms with Crippen molar-refractivity contribution in [2.24, 2.45) is 5.10 Å². The fourth-order valence-electron chi connectivity index (χ4n) is 1.24. The number of hydrogen-bond donors (Lipinski definition) is 2. The van der Waals surface area contributed by atoms with Crippen LogP contribution in [-0.2, 0) is 0 Å². The number of furan rings is 1. The zero-order valence-corrected chi connectivity index (χ0v) is 10.7. The molecule has 0 unspecified atom stereocenters. The largest absolute Gasteiger partial charge is 0.507 e. The molecule has 6 heteroatoms. The Labute approximate surface area is 111 Å². The fourth-order valence-corrected chi connectivity index (χ4v) is 1.59. The molecule has 92 valence electrons. The number of benzene rings is 1. The minimum absolute atomic E-state index is 0.0747. The molecule has 0 saturated heterocycles. The van der Waals surface area contributed by atoms with Crippen LogP contribution in [0.1, 0.15) is 15.9 Å². The first-order valence-corrected chi connectivity index (χ1v) is 5.80. The number of nitrogens with one attached hydrogen (secondary N) is 1. The Balaban J connectivity index is 2.01. The lowest BCUT2D eigenvalue weighted by Crippen LogP contribution is -2.16. The third-order valence-corrected chi connectivity index (χ3v) is 2.64. The number of aromatic hydroxyl groups is 1. The number of nitrogens with zero attached hydrogens (tertiary/aromatic N) is 1. The molecule has 0 radical (unpaired) electrons. The van der Waals surface area contributed by atoms with Crippen LogP contribution in [0.15, 0.2) is 50.8 Å². The van der Waals surface area contributed by atoms with E-state index >= 15 is 0 Å². The number of phenols is 1. The first kappa shape index (κ1) is 12.4. The minimum Gasteiger partial charge on any atom is -0.507 e. The highest BCUT2D eigenvalue weighted by Gasteiger charge is 2.04. The zero-order chi connectivity index (χ0) is 13.0. The van der Waals surface area contributed by atoms with Crippen LogP contribution >= 0.6 is 15.9 Å². The second-order valence-electron chi connectivity index (χ2n) is 3.41. The average molecular weight is 309 g/mol. The van der Waals surface area contributed by atoms with Gasteiger partial charge in [0.1, 0.15) is 12.0 Å². The fraction of sp³-hybridized carbons (Fsp3) is 0. The molecule has 0 spiro atoms. The summed E-state index contributed by atoms with van der Waals surface area (Å²) in [5.41, 5.74) is 3.21. The molecule has 0 aliphatic rings. The van der Waals surface area contributed by atoms with Crippen LogP contribution in [0.5, 0.6) is 5.75 Å². The molecule has 0 aliphatic heterocycles. The molecule has 1 heterocycles. The van der Waals surface area contributed by atoms with Gasteiger partial charge in [-0.2, -0.15) is 5.10 Å². The summed E-state index contributed by atoms with van der Waals surface area (Å²) in [4.78, 5) is 11.5. The maximum Gasteiger partial charge on any atom is 0.274 e. The van der Waals surface area contributed by atoms with Crippen molar-refractivity contribution >= 4 is 28.1 Å². The molecule has 2 aromatic rings. The Morgan fingerprint density at radius 1 is 1.44 bits per heavy atom. The van der Waals surface area contributed by atoms with Crippen molar-refractivity contribution in [3.63, 3.8) is 0 Å². The molecule has 18 heavy (non-hydrogen) atoms. The lowest BCUT2D eigenvalue weighted by Gasteiger charge is -1.99. The van der Waals surface area contributed by atoms with Crippen molar-refractivity contribution in [2.45, 2.75) is 0 Å². The molecule has 2 rings (SSSR count). The predicted octanol–water partition coefficient (Wildman–Crippen LogP) is 2.51. The Kier molecular flexibility index (Phi) is 3.78. The molecular formula is C12H9BrN2O3. The van der Waals surface area contributed by atoms with Crippen molar-refractivity contribution in [3.05, 3.63) is 52.4 Å². The summed E-state index contributed by atoms with van der Waals surface area (Å²) >= 11 is 3.23. The second kappa shape index (κ2) is 5.50. The number of hydrogen-bond acceptors (Lipinski definition) is 4. The van der Waals surface area contributed by atoms with E-state index < -0.39 is 0 Å². The Bertz CT molecular complexity index is 579. The quantitative estimate of drug-likeness (QED) is 0.676. The number of halogens is 1. The standard InChI is InChI=1S/C12H9BrN2O3/c13-10-2-1-8(11(16)5-10)6-14-15-12(17)9-3-4-18-7-9/h1-7,16H,(H,15,17)/b14-6+. The van der Waals surface area contributed by atoms with E-state index in [4.69, 9.17) is 4.42 Å². The predicted molar refractivity (Wildman–Crippen MR) is 69.6 cm³/mol. The van der Waals surface area contributed by atoms with Gasteiger partial charge >= 0.3 is 0 Å². The maximum atomic E-state index is 11.5. The van der Waals surface area contributed by atoms with E-state index in [-0.39, 0.29) is 11.7 Å². The van der Waals surface area contributed by atoms with E-state index in [1.165, 1.54) is 24.8 Å². The molecule has 0 fully saturated rings. The SMILES string of the molecule is O=C(N/N=C/c1ccc(Br)cc1O)c1ccoc1. The first-order chi connectivity index (χ1) is 8.66. The van der Waals surface area contributed by atoms with Crippen LogP contribution in [0.25, 0.3) is 0 Å². The van der Waals surface area contributed by atoms with Crippen LogP contribution < -0.4 is 5.43 Å². The van der Waals surface area contributed by atoms with Gasteiger partial charge in [-0.05, 0) is 24.3 Å². The van der Waals surface area contributed by atoms with Gasteiger partial charge in [-0.1, -0.05) is 15.9 Å². The first-order valence-electron chi connectivity index (χ1n) is 5.01. The van der Waals surface area contributed by atoms with Crippen LogP contribution in [0.3, 0.4) is 0 Å². The van der Waals surface area contributed by atoms with E-state index in [9.17, 15) is 9.90 Å². The summed E-state index contributed by atoms with van der Waals surface area (Å²) in [6.45, 7) is 0. The lowest BCUT2D eigenvalue weighted by atomic mass is 10.2. The molecule has 2 N–H and O–H groups in total. The number of carbonyl (C=O) groups is 1. The minimum atomic E-state index is -0.378. The zero-order valence-electron chi connectivity index (χ0n) is 9.13. The van der Waals surface area contributed by atoms with E-state index in [1.807, 2.05) is 0 Å². The molecular weight excluding hydrogens is 300 g/mol. The van der Waals surface area contributed by atoms with Gasteiger partial charge in [-0.15, -0.1) is 0 Å². The molecule has 0 saturated carbocycles. The highest BCUT2D eigenvalue weighted by atomic mass is 79.9. The number of hydrazone groups is 1. The normalized spacial score (nSPS) is 10.7. The van der Waals surface area contributed by atoms with Gasteiger partial charge in [-0.3, -0.25) is 4.79 Å². The van der Waals surface area contributed by atoms with Crippen molar-refractivity contribution in [3.8, 4) is 5.75 Å². The second-order valence-corrected chi connectivity index (χ2v) is 4.33. The van der Waals surface area contributed by atoms with Gasteiger partial charge < -0.3 is 9.52 Å². The van der Waals surface area contributed by atoms with Crippen molar-refractivity contribution in [2.75, 3.05) is 0 Å². The topological polar surface area (TPSA) is 74.8 Å². The smallest absolute Gasteiger partial charge is 0.274 e. The number of carbonyl (C=O) groups excluding carboxylic acids is 1. The molecule has 1 aromatic heterocycles. The summed E-state index contributed by atoms with van der Waals surface area (Å²) in [7, 11) is 0. The Hall–Kier alpha value is -2.08. The van der Waals surface area contributed by atoms with E-state index in [1.54, 1.807) is 18.2 Å². The number of rotatable bonds is 3. The van der Waals surface area contributed by atoms with Gasteiger partial charge in [0.2, 0.25) is 0 Å². The van der Waals surface area contributed by atoms with Crippen LogP contribution in [-0.4, -0.2) is 17.2 Å². The van der Waals surface area contributed by atoms with Crippen LogP contribution in [0.2, 0.25) is 0 Å². The summed E-state index contributed by atoms with van der Waals surface area (Å²) in [6, 6.07) is 6.51. The average Bonchev–Trinajstić information content (AvgIpc) is 2.85. The summed E-state index contributed by atoms with van der Waals surface area (Å²) in [5.74, 6) is -0.303. The van der Waals surface area contributed by atoms with Crippen molar-refractivity contribution in [1.82, 2.24) is 5.43 Å². The third-order valence-electron chi connectivity index (χ3n) is 2.15. The molecule has 5 nitrogen and oxygen atoms in total. The summed E-state index contributed by atoms with van der Waals surface area (Å²) in [6.07, 6.45) is 4.08. The van der Waals surface area contributed by atoms with E-state index in [2.05, 4.69) is 26.5 Å². The van der Waals surface area contributed by atoms with Gasteiger partial charge in [0.15, 0.2) is 0 Å². The van der Waals surface area contributed by atoms with Crippen molar-refractivity contribution < 1.29 is 14.3 Å². The molecule has 1 amide bonds. The highest BCUT2D eigenvalue weighted by Crippen LogP contribution is 2.20. The van der Waals surface area contributed by atoms with Crippen LogP contribution in [0.4, 0.5) is 0 Å².